The number of nitrogens with two attached hydrogens (primary N) is 2. The normalized spacial score (nSPS) is 8.79. The Morgan fingerprint density at radius 1 is 1.21 bits per heavy atom. The molecule has 14 heavy (non-hydrogen) atoms. The van der Waals surface area contributed by atoms with E-state index in [1.54, 1.807) is 12.1 Å². The van der Waals surface area contributed by atoms with Crippen LogP contribution < -0.4 is 11.5 Å². The van der Waals surface area contributed by atoms with Gasteiger partial charge >= 0.3 is 0 Å². The molecular weight excluding hydrogens is 174 g/mol. The van der Waals surface area contributed by atoms with Gasteiger partial charge in [0.2, 0.25) is 0 Å². The molecule has 0 aliphatic heterocycles. The zero-order valence-electron chi connectivity index (χ0n) is 8.88. The first-order valence-electron chi connectivity index (χ1n) is 4.79. The smallest absolute Gasteiger partial charge is 0.122 e. The second-order valence-electron chi connectivity index (χ2n) is 3.02. The van der Waals surface area contributed by atoms with Crippen molar-refractivity contribution in [2.45, 2.75) is 26.8 Å². The highest BCUT2D eigenvalue weighted by atomic mass is 14.7. The molecule has 1 rings (SSSR count). The molecule has 0 amide bonds. The largest absolute Gasteiger partial charge is 0.384 e. The summed E-state index contributed by atoms with van der Waals surface area (Å²) in [5.74, 6) is 0.0913. The van der Waals surface area contributed by atoms with Crippen molar-refractivity contribution in [1.82, 2.24) is 0 Å². The monoisotopic (exact) mass is 193 g/mol. The third-order valence-corrected chi connectivity index (χ3v) is 1.50. The second kappa shape index (κ2) is 7.09. The Morgan fingerprint density at radius 2 is 1.64 bits per heavy atom. The van der Waals surface area contributed by atoms with Crippen LogP contribution in [0.3, 0.4) is 0 Å². The third kappa shape index (κ3) is 4.62. The maximum atomic E-state index is 7.11. The summed E-state index contributed by atoms with van der Waals surface area (Å²) in [4.78, 5) is 0. The summed E-state index contributed by atoms with van der Waals surface area (Å²) in [5.41, 5.74) is 12.4. The number of nitrogens with one attached hydrogen (secondary N) is 1. The molecule has 0 aliphatic rings. The van der Waals surface area contributed by atoms with Crippen molar-refractivity contribution in [3.63, 3.8) is 0 Å². The Bertz CT molecular complexity index is 264. The fourth-order valence-electron chi connectivity index (χ4n) is 0.820. The number of hydrogen-bond acceptors (Lipinski definition) is 2. The molecule has 78 valence electrons. The Balaban J connectivity index is 0.000000500. The van der Waals surface area contributed by atoms with Crippen molar-refractivity contribution in [1.29, 1.82) is 5.41 Å². The summed E-state index contributed by atoms with van der Waals surface area (Å²) in [6.07, 6.45) is 1.25. The zero-order valence-corrected chi connectivity index (χ0v) is 8.88. The van der Waals surface area contributed by atoms with Gasteiger partial charge in [-0.1, -0.05) is 44.5 Å². The van der Waals surface area contributed by atoms with Crippen LogP contribution in [0, 0.1) is 5.41 Å². The van der Waals surface area contributed by atoms with E-state index in [1.165, 1.54) is 6.42 Å². The van der Waals surface area contributed by atoms with E-state index in [2.05, 4.69) is 13.8 Å². The Kier molecular flexibility index (Phi) is 6.41. The van der Waals surface area contributed by atoms with Crippen LogP contribution in [0.25, 0.3) is 0 Å². The number of benzene rings is 1. The molecule has 0 fully saturated rings. The van der Waals surface area contributed by atoms with Crippen LogP contribution in [0.5, 0.6) is 0 Å². The van der Waals surface area contributed by atoms with Crippen LogP contribution in [-0.2, 0) is 6.54 Å². The zero-order chi connectivity index (χ0) is 11.0. The predicted molar refractivity (Wildman–Crippen MR) is 61.3 cm³/mol. The van der Waals surface area contributed by atoms with Gasteiger partial charge in [0, 0.05) is 12.1 Å². The molecule has 0 radical (unpaired) electrons. The number of hydrogen-bond donors (Lipinski definition) is 3. The van der Waals surface area contributed by atoms with E-state index in [4.69, 9.17) is 16.9 Å². The summed E-state index contributed by atoms with van der Waals surface area (Å²) in [6.45, 7) is 4.78. The maximum Gasteiger partial charge on any atom is 0.122 e. The van der Waals surface area contributed by atoms with Gasteiger partial charge in [0.05, 0.1) is 0 Å². The Hall–Kier alpha value is -1.35. The van der Waals surface area contributed by atoms with E-state index >= 15 is 0 Å². The Morgan fingerprint density at radius 3 is 1.93 bits per heavy atom. The van der Waals surface area contributed by atoms with Crippen molar-refractivity contribution >= 4 is 5.84 Å². The van der Waals surface area contributed by atoms with Crippen molar-refractivity contribution in [3.8, 4) is 0 Å². The highest BCUT2D eigenvalue weighted by molar-refractivity contribution is 5.94. The first-order valence-corrected chi connectivity index (χ1v) is 4.79. The SMILES string of the molecule is CCC.N=C(N)c1ccc(CN)cc1. The standard InChI is InChI=1S/C8H11N3.C3H8/c9-5-6-1-3-7(4-2-6)8(10)11;1-3-2/h1-4H,5,9H2,(H3,10,11);3H2,1-2H3. The third-order valence-electron chi connectivity index (χ3n) is 1.50. The van der Waals surface area contributed by atoms with Gasteiger partial charge in [-0.25, -0.2) is 0 Å². The second-order valence-corrected chi connectivity index (χ2v) is 3.02. The minimum Gasteiger partial charge on any atom is -0.384 e. The average Bonchev–Trinajstić information content (AvgIpc) is 2.19. The van der Waals surface area contributed by atoms with Crippen LogP contribution in [0.4, 0.5) is 0 Å². The lowest BCUT2D eigenvalue weighted by molar-refractivity contribution is 1.07. The molecule has 0 spiro atoms. The average molecular weight is 193 g/mol. The molecule has 3 nitrogen and oxygen atoms in total. The van der Waals surface area contributed by atoms with Gasteiger partial charge in [0.15, 0.2) is 0 Å². The first kappa shape index (κ1) is 12.7. The molecule has 0 saturated heterocycles. The lowest BCUT2D eigenvalue weighted by Gasteiger charge is -1.98. The highest BCUT2D eigenvalue weighted by Crippen LogP contribution is 2.01. The van der Waals surface area contributed by atoms with Gasteiger partial charge in [0.25, 0.3) is 0 Å². The molecule has 5 N–H and O–H groups in total. The van der Waals surface area contributed by atoms with Gasteiger partial charge in [0.1, 0.15) is 5.84 Å². The fourth-order valence-corrected chi connectivity index (χ4v) is 0.820. The molecule has 3 heteroatoms. The van der Waals surface area contributed by atoms with Gasteiger partial charge < -0.3 is 11.5 Å². The van der Waals surface area contributed by atoms with E-state index in [9.17, 15) is 0 Å². The van der Waals surface area contributed by atoms with Gasteiger partial charge in [-0.2, -0.15) is 0 Å². The minimum atomic E-state index is 0.0913. The van der Waals surface area contributed by atoms with E-state index in [0.29, 0.717) is 6.54 Å². The van der Waals surface area contributed by atoms with Crippen molar-refractivity contribution in [3.05, 3.63) is 35.4 Å². The molecule has 0 aromatic heterocycles. The maximum absolute atomic E-state index is 7.11. The van der Waals surface area contributed by atoms with Crippen LogP contribution in [0.15, 0.2) is 24.3 Å². The van der Waals surface area contributed by atoms with Gasteiger partial charge in [-0.15, -0.1) is 0 Å². The van der Waals surface area contributed by atoms with Crippen LogP contribution in [-0.4, -0.2) is 5.84 Å². The molecule has 0 aliphatic carbocycles. The molecule has 0 atom stereocenters. The van der Waals surface area contributed by atoms with Crippen molar-refractivity contribution in [2.24, 2.45) is 11.5 Å². The molecular formula is C11H19N3. The summed E-state index contributed by atoms with van der Waals surface area (Å²) in [6, 6.07) is 7.34. The molecule has 0 saturated carbocycles. The lowest BCUT2D eigenvalue weighted by atomic mass is 10.1. The summed E-state index contributed by atoms with van der Waals surface area (Å²) >= 11 is 0. The Labute approximate surface area is 85.6 Å². The van der Waals surface area contributed by atoms with Gasteiger partial charge in [-0.3, -0.25) is 5.41 Å². The van der Waals surface area contributed by atoms with Crippen molar-refractivity contribution < 1.29 is 0 Å². The lowest BCUT2D eigenvalue weighted by Crippen LogP contribution is -2.10. The minimum absolute atomic E-state index is 0.0913. The first-order chi connectivity index (χ1) is 6.65. The summed E-state index contributed by atoms with van der Waals surface area (Å²) in [5, 5.41) is 7.11. The van der Waals surface area contributed by atoms with E-state index in [0.717, 1.165) is 11.1 Å². The van der Waals surface area contributed by atoms with Crippen LogP contribution in [0.2, 0.25) is 0 Å². The highest BCUT2D eigenvalue weighted by Gasteiger charge is 1.94. The number of amidine groups is 1. The quantitative estimate of drug-likeness (QED) is 0.495. The predicted octanol–water partition coefficient (Wildman–Crippen LogP) is 1.85. The molecule has 0 unspecified atom stereocenters. The molecule has 1 aromatic carbocycles. The summed E-state index contributed by atoms with van der Waals surface area (Å²) < 4.78 is 0. The van der Waals surface area contributed by atoms with E-state index in [1.807, 2.05) is 12.1 Å². The van der Waals surface area contributed by atoms with E-state index in [-0.39, 0.29) is 5.84 Å². The van der Waals surface area contributed by atoms with E-state index < -0.39 is 0 Å². The fraction of sp³-hybridized carbons (Fsp3) is 0.364. The molecule has 0 heterocycles. The molecule has 1 aromatic rings. The van der Waals surface area contributed by atoms with Gasteiger partial charge in [-0.05, 0) is 5.56 Å². The van der Waals surface area contributed by atoms with Crippen molar-refractivity contribution in [2.75, 3.05) is 0 Å². The van der Waals surface area contributed by atoms with Crippen LogP contribution in [0.1, 0.15) is 31.4 Å². The van der Waals surface area contributed by atoms with Crippen LogP contribution >= 0.6 is 0 Å². The number of nitrogen functional groups attached to an aromatic ring is 1. The molecule has 0 bridgehead atoms. The topological polar surface area (TPSA) is 75.9 Å². The summed E-state index contributed by atoms with van der Waals surface area (Å²) in [7, 11) is 0. The number of rotatable bonds is 2.